The smallest absolute Gasteiger partial charge is 0.408 e. The number of carbonyl (C=O) groups is 4. The van der Waals surface area contributed by atoms with Gasteiger partial charge >= 0.3 is 12.1 Å². The molecule has 0 aliphatic carbocycles. The van der Waals surface area contributed by atoms with Gasteiger partial charge in [0.15, 0.2) is 0 Å². The fourth-order valence-corrected chi connectivity index (χ4v) is 5.75. The van der Waals surface area contributed by atoms with E-state index in [4.69, 9.17) is 9.47 Å². The summed E-state index contributed by atoms with van der Waals surface area (Å²) in [7, 11) is 0. The predicted molar refractivity (Wildman–Crippen MR) is 197 cm³/mol. The molecule has 0 saturated carbocycles. The number of esters is 1. The lowest BCUT2D eigenvalue weighted by Crippen LogP contribution is -2.56. The summed E-state index contributed by atoms with van der Waals surface area (Å²) in [6, 6.07) is 21.3. The molecule has 0 aromatic heterocycles. The zero-order valence-corrected chi connectivity index (χ0v) is 31.2. The van der Waals surface area contributed by atoms with Crippen LogP contribution in [0.4, 0.5) is 4.79 Å². The quantitative estimate of drug-likeness (QED) is 0.174. The monoisotopic (exact) mass is 685 g/mol. The summed E-state index contributed by atoms with van der Waals surface area (Å²) in [6.45, 7) is 16.7. The number of nitrogens with zero attached hydrogens (tertiary/aromatic N) is 1. The molecule has 0 bridgehead atoms. The Balaban J connectivity index is 2.14. The molecule has 3 amide bonds. The largest absolute Gasteiger partial charge is 0.458 e. The minimum atomic E-state index is -1.12. The molecule has 270 valence electrons. The summed E-state index contributed by atoms with van der Waals surface area (Å²) in [4.78, 5) is 58.0. The van der Waals surface area contributed by atoms with Crippen LogP contribution in [0.5, 0.6) is 0 Å². The zero-order valence-electron chi connectivity index (χ0n) is 31.2. The van der Waals surface area contributed by atoms with Crippen LogP contribution in [0, 0.1) is 13.8 Å². The lowest BCUT2D eigenvalue weighted by Gasteiger charge is -2.36. The maximum absolute atomic E-state index is 14.9. The van der Waals surface area contributed by atoms with Crippen LogP contribution in [0.1, 0.15) is 95.2 Å². The first-order chi connectivity index (χ1) is 23.5. The number of amides is 3. The molecular weight excluding hydrogens is 630 g/mol. The third-order valence-electron chi connectivity index (χ3n) is 7.97. The molecule has 0 aliphatic heterocycles. The second-order valence-corrected chi connectivity index (χ2v) is 14.8. The second-order valence-electron chi connectivity index (χ2n) is 14.8. The van der Waals surface area contributed by atoms with Crippen molar-refractivity contribution in [1.29, 1.82) is 0 Å². The number of unbranched alkanes of at least 4 members (excludes halogenated alkanes) is 1. The summed E-state index contributed by atoms with van der Waals surface area (Å²) in [5, 5.41) is 5.81. The molecule has 0 saturated heterocycles. The molecule has 9 heteroatoms. The van der Waals surface area contributed by atoms with Crippen molar-refractivity contribution in [3.8, 4) is 0 Å². The van der Waals surface area contributed by atoms with Gasteiger partial charge in [-0.2, -0.15) is 0 Å². The highest BCUT2D eigenvalue weighted by Gasteiger charge is 2.39. The topological polar surface area (TPSA) is 114 Å². The molecule has 50 heavy (non-hydrogen) atoms. The minimum absolute atomic E-state index is 0.178. The van der Waals surface area contributed by atoms with Gasteiger partial charge in [-0.15, -0.1) is 0 Å². The molecule has 0 aliphatic rings. The normalized spacial score (nSPS) is 13.4. The number of nitrogens with one attached hydrogen (secondary N) is 2. The van der Waals surface area contributed by atoms with Gasteiger partial charge in [-0.3, -0.25) is 9.59 Å². The number of hydrogen-bond donors (Lipinski definition) is 2. The van der Waals surface area contributed by atoms with Crippen molar-refractivity contribution in [2.24, 2.45) is 0 Å². The van der Waals surface area contributed by atoms with Crippen LogP contribution in [0.15, 0.2) is 78.9 Å². The summed E-state index contributed by atoms with van der Waals surface area (Å²) < 4.78 is 11.3. The van der Waals surface area contributed by atoms with Crippen molar-refractivity contribution >= 4 is 23.9 Å². The van der Waals surface area contributed by atoms with Crippen molar-refractivity contribution < 1.29 is 28.7 Å². The highest BCUT2D eigenvalue weighted by molar-refractivity contribution is 5.94. The summed E-state index contributed by atoms with van der Waals surface area (Å²) in [5.41, 5.74) is 2.39. The number of ether oxygens (including phenoxy) is 2. The minimum Gasteiger partial charge on any atom is -0.458 e. The molecule has 3 atom stereocenters. The lowest BCUT2D eigenvalue weighted by atomic mass is 9.92. The summed E-state index contributed by atoms with van der Waals surface area (Å²) >= 11 is 0. The maximum atomic E-state index is 14.9. The number of alkyl carbamates (subject to hydrolysis) is 1. The van der Waals surface area contributed by atoms with E-state index in [1.54, 1.807) is 46.4 Å². The van der Waals surface area contributed by atoms with E-state index in [1.807, 2.05) is 99.6 Å². The fraction of sp³-hybridized carbons (Fsp3) is 0.463. The Morgan fingerprint density at radius 2 is 1.18 bits per heavy atom. The molecular formula is C41H55N3O6. The van der Waals surface area contributed by atoms with Crippen molar-refractivity contribution in [3.05, 3.63) is 107 Å². The predicted octanol–water partition coefficient (Wildman–Crippen LogP) is 7.18. The van der Waals surface area contributed by atoms with E-state index in [0.717, 1.165) is 28.7 Å². The molecule has 0 fully saturated rings. The van der Waals surface area contributed by atoms with Crippen LogP contribution in [-0.4, -0.2) is 58.6 Å². The third kappa shape index (κ3) is 12.3. The van der Waals surface area contributed by atoms with Crippen LogP contribution in [-0.2, 0) is 36.7 Å². The van der Waals surface area contributed by atoms with Crippen molar-refractivity contribution in [3.63, 3.8) is 0 Å². The Morgan fingerprint density at radius 1 is 0.680 bits per heavy atom. The van der Waals surface area contributed by atoms with Crippen LogP contribution < -0.4 is 10.6 Å². The highest BCUT2D eigenvalue weighted by Crippen LogP contribution is 2.30. The van der Waals surface area contributed by atoms with Crippen molar-refractivity contribution in [1.82, 2.24) is 15.5 Å². The first kappa shape index (κ1) is 39.8. The molecule has 3 aromatic rings. The van der Waals surface area contributed by atoms with E-state index in [1.165, 1.54) is 0 Å². The fourth-order valence-electron chi connectivity index (χ4n) is 5.75. The van der Waals surface area contributed by atoms with E-state index in [0.29, 0.717) is 12.0 Å². The molecule has 0 radical (unpaired) electrons. The van der Waals surface area contributed by atoms with Gasteiger partial charge in [-0.05, 0) is 89.6 Å². The first-order valence-corrected chi connectivity index (χ1v) is 17.5. The van der Waals surface area contributed by atoms with Crippen LogP contribution in [0.2, 0.25) is 0 Å². The van der Waals surface area contributed by atoms with Gasteiger partial charge in [-0.25, -0.2) is 9.59 Å². The molecule has 3 rings (SSSR count). The van der Waals surface area contributed by atoms with Crippen LogP contribution in [0.25, 0.3) is 0 Å². The Hall–Kier alpha value is -4.66. The van der Waals surface area contributed by atoms with Gasteiger partial charge in [0, 0.05) is 19.4 Å². The van der Waals surface area contributed by atoms with Gasteiger partial charge in [0.05, 0.1) is 0 Å². The number of carbonyl (C=O) groups excluding carboxylic acids is 4. The van der Waals surface area contributed by atoms with Crippen LogP contribution in [0.3, 0.4) is 0 Å². The average molecular weight is 686 g/mol. The van der Waals surface area contributed by atoms with E-state index >= 15 is 0 Å². The van der Waals surface area contributed by atoms with Gasteiger partial charge in [0.25, 0.3) is 0 Å². The van der Waals surface area contributed by atoms with Crippen molar-refractivity contribution in [2.75, 3.05) is 6.54 Å². The first-order valence-electron chi connectivity index (χ1n) is 17.5. The number of aryl methyl sites for hydroxylation is 2. The van der Waals surface area contributed by atoms with E-state index in [9.17, 15) is 19.2 Å². The Labute approximate surface area is 298 Å². The highest BCUT2D eigenvalue weighted by atomic mass is 16.6. The molecule has 0 spiro atoms. The van der Waals surface area contributed by atoms with Gasteiger partial charge in [0.2, 0.25) is 11.8 Å². The van der Waals surface area contributed by atoms with E-state index in [-0.39, 0.29) is 19.4 Å². The number of benzene rings is 3. The summed E-state index contributed by atoms with van der Waals surface area (Å²) in [6.07, 6.45) is 0.994. The number of hydrogen-bond acceptors (Lipinski definition) is 6. The molecule has 0 heterocycles. The maximum Gasteiger partial charge on any atom is 0.408 e. The van der Waals surface area contributed by atoms with Gasteiger partial charge in [-0.1, -0.05) is 92.2 Å². The standard InChI is InChI=1S/C41H55N3O6/c1-10-11-25-44(37(46)32(26-30-21-14-12-15-22-30)43-39(48)50-41(7,8)9)35(34-28(2)19-18-20-29(34)3)36(45)42-33(38(47)49-40(4,5)6)27-31-23-16-13-17-24-31/h12-24,32-33,35H,10-11,25-27H2,1-9H3,(H,42,45)(H,43,48). The van der Waals surface area contributed by atoms with Gasteiger partial charge < -0.3 is 25.0 Å². The Bertz CT molecular complexity index is 1560. The third-order valence-corrected chi connectivity index (χ3v) is 7.97. The second kappa shape index (κ2) is 17.8. The Kier molecular flexibility index (Phi) is 14.2. The zero-order chi connectivity index (χ0) is 37.1. The van der Waals surface area contributed by atoms with Crippen molar-refractivity contribution in [2.45, 2.75) is 117 Å². The van der Waals surface area contributed by atoms with E-state index in [2.05, 4.69) is 10.6 Å². The molecule has 9 nitrogen and oxygen atoms in total. The number of rotatable bonds is 14. The lowest BCUT2D eigenvalue weighted by molar-refractivity contribution is -0.159. The average Bonchev–Trinajstić information content (AvgIpc) is 3.02. The SMILES string of the molecule is CCCCN(C(=O)C(Cc1ccccc1)NC(=O)OC(C)(C)C)C(C(=O)NC(Cc1ccccc1)C(=O)OC(C)(C)C)c1c(C)cccc1C. The van der Waals surface area contributed by atoms with Crippen LogP contribution >= 0.6 is 0 Å². The Morgan fingerprint density at radius 3 is 1.66 bits per heavy atom. The summed E-state index contributed by atoms with van der Waals surface area (Å²) in [5.74, 6) is -1.53. The molecule has 3 unspecified atom stereocenters. The van der Waals surface area contributed by atoms with Gasteiger partial charge in [0.1, 0.15) is 29.3 Å². The molecule has 2 N–H and O–H groups in total. The van der Waals surface area contributed by atoms with E-state index < -0.39 is 53.2 Å². The molecule has 3 aromatic carbocycles.